The van der Waals surface area contributed by atoms with Gasteiger partial charge in [-0.05, 0) is 30.7 Å². The molecule has 1 aromatic rings. The number of carbonyl (C=O) groups excluding carboxylic acids is 2. The molecular formula is C19H29NO4. The minimum absolute atomic E-state index is 0.110. The van der Waals surface area contributed by atoms with Gasteiger partial charge in [-0.3, -0.25) is 9.59 Å². The van der Waals surface area contributed by atoms with Crippen molar-refractivity contribution in [3.8, 4) is 5.75 Å². The Hall–Kier alpha value is -2.04. The molecule has 0 unspecified atom stereocenters. The molecule has 134 valence electrons. The molecule has 0 bridgehead atoms. The van der Waals surface area contributed by atoms with Crippen LogP contribution in [-0.4, -0.2) is 25.1 Å². The second-order valence-corrected chi connectivity index (χ2v) is 5.79. The lowest BCUT2D eigenvalue weighted by molar-refractivity contribution is -0.144. The van der Waals surface area contributed by atoms with E-state index in [-0.39, 0.29) is 18.5 Å². The Bertz CT molecular complexity index is 485. The van der Waals surface area contributed by atoms with Crippen molar-refractivity contribution in [3.63, 3.8) is 0 Å². The van der Waals surface area contributed by atoms with Crippen LogP contribution in [0.15, 0.2) is 24.3 Å². The van der Waals surface area contributed by atoms with Crippen LogP contribution in [0.2, 0.25) is 0 Å². The van der Waals surface area contributed by atoms with Gasteiger partial charge in [-0.25, -0.2) is 0 Å². The quantitative estimate of drug-likeness (QED) is 0.456. The summed E-state index contributed by atoms with van der Waals surface area (Å²) in [6, 6.07) is 7.06. The molecule has 24 heavy (non-hydrogen) atoms. The summed E-state index contributed by atoms with van der Waals surface area (Å²) in [7, 11) is 0. The maximum atomic E-state index is 11.6. The summed E-state index contributed by atoms with van der Waals surface area (Å²) in [5, 5.41) is 2.69. The number of unbranched alkanes of at least 4 members (excludes halogenated alkanes) is 5. The average molecular weight is 335 g/mol. The molecule has 0 saturated carbocycles. The maximum absolute atomic E-state index is 11.6. The van der Waals surface area contributed by atoms with Crippen LogP contribution < -0.4 is 10.1 Å². The molecule has 0 radical (unpaired) electrons. The third kappa shape index (κ3) is 9.87. The van der Waals surface area contributed by atoms with E-state index in [0.29, 0.717) is 18.8 Å². The zero-order valence-corrected chi connectivity index (χ0v) is 14.8. The van der Waals surface area contributed by atoms with Gasteiger partial charge in [0.2, 0.25) is 5.91 Å². The van der Waals surface area contributed by atoms with E-state index in [1.54, 1.807) is 24.3 Å². The summed E-state index contributed by atoms with van der Waals surface area (Å²) in [5.41, 5.74) is 0.722. The van der Waals surface area contributed by atoms with Crippen LogP contribution in [0.25, 0.3) is 0 Å². The van der Waals surface area contributed by atoms with E-state index < -0.39 is 0 Å². The molecule has 5 nitrogen and oxygen atoms in total. The summed E-state index contributed by atoms with van der Waals surface area (Å²) in [5.74, 6) is 0.409. The third-order valence-corrected chi connectivity index (χ3v) is 3.52. The molecule has 0 heterocycles. The first-order chi connectivity index (χ1) is 11.6. The average Bonchev–Trinajstić information content (AvgIpc) is 2.56. The first-order valence-corrected chi connectivity index (χ1v) is 8.78. The highest BCUT2D eigenvalue weighted by Gasteiger charge is 2.03. The minimum Gasteiger partial charge on any atom is -0.490 e. The Morgan fingerprint density at radius 1 is 0.958 bits per heavy atom. The van der Waals surface area contributed by atoms with Crippen LogP contribution in [0.3, 0.4) is 0 Å². The van der Waals surface area contributed by atoms with Gasteiger partial charge in [0.1, 0.15) is 19.0 Å². The van der Waals surface area contributed by atoms with Crippen molar-refractivity contribution < 1.29 is 19.1 Å². The van der Waals surface area contributed by atoms with Crippen LogP contribution >= 0.6 is 0 Å². The van der Waals surface area contributed by atoms with Crippen molar-refractivity contribution in [2.45, 2.75) is 58.8 Å². The van der Waals surface area contributed by atoms with Crippen LogP contribution in [0, 0.1) is 0 Å². The van der Waals surface area contributed by atoms with Crippen LogP contribution in [0.4, 0.5) is 5.69 Å². The van der Waals surface area contributed by atoms with Crippen molar-refractivity contribution in [1.29, 1.82) is 0 Å². The second kappa shape index (κ2) is 12.4. The Labute approximate surface area is 144 Å². The normalized spacial score (nSPS) is 10.2. The van der Waals surface area contributed by atoms with E-state index >= 15 is 0 Å². The van der Waals surface area contributed by atoms with Crippen LogP contribution in [0.1, 0.15) is 58.8 Å². The second-order valence-electron chi connectivity index (χ2n) is 5.79. The standard InChI is InChI=1S/C19H29NO4/c1-3-4-5-6-7-8-9-19(22)24-15-14-23-18-12-10-17(11-13-18)20-16(2)21/h10-13H,3-9,14-15H2,1-2H3,(H,20,21). The summed E-state index contributed by atoms with van der Waals surface area (Å²) < 4.78 is 10.6. The Kier molecular flexibility index (Phi) is 10.3. The highest BCUT2D eigenvalue weighted by atomic mass is 16.6. The molecule has 1 aromatic carbocycles. The number of nitrogens with one attached hydrogen (secondary N) is 1. The van der Waals surface area contributed by atoms with Gasteiger partial charge >= 0.3 is 5.97 Å². The summed E-state index contributed by atoms with van der Waals surface area (Å²) in [4.78, 5) is 22.5. The molecule has 5 heteroatoms. The predicted molar refractivity (Wildman–Crippen MR) is 95.2 cm³/mol. The van der Waals surface area contributed by atoms with Crippen LogP contribution in [0.5, 0.6) is 5.75 Å². The van der Waals surface area contributed by atoms with Crippen LogP contribution in [-0.2, 0) is 14.3 Å². The molecule has 0 spiro atoms. The zero-order chi connectivity index (χ0) is 17.6. The molecule has 0 fully saturated rings. The summed E-state index contributed by atoms with van der Waals surface area (Å²) in [6.45, 7) is 4.23. The van der Waals surface area contributed by atoms with E-state index in [9.17, 15) is 9.59 Å². The van der Waals surface area contributed by atoms with Crippen molar-refractivity contribution in [2.24, 2.45) is 0 Å². The van der Waals surface area contributed by atoms with Gasteiger partial charge in [0, 0.05) is 19.0 Å². The molecule has 0 aliphatic heterocycles. The number of carbonyl (C=O) groups is 2. The van der Waals surface area contributed by atoms with Gasteiger partial charge in [-0.1, -0.05) is 39.0 Å². The van der Waals surface area contributed by atoms with Gasteiger partial charge < -0.3 is 14.8 Å². The van der Waals surface area contributed by atoms with E-state index in [4.69, 9.17) is 9.47 Å². The SMILES string of the molecule is CCCCCCCCC(=O)OCCOc1ccc(NC(C)=O)cc1. The monoisotopic (exact) mass is 335 g/mol. The fourth-order valence-corrected chi connectivity index (χ4v) is 2.27. The number of anilines is 1. The van der Waals surface area contributed by atoms with Crippen molar-refractivity contribution in [1.82, 2.24) is 0 Å². The fraction of sp³-hybridized carbons (Fsp3) is 0.579. The van der Waals surface area contributed by atoms with Gasteiger partial charge in [-0.15, -0.1) is 0 Å². The largest absolute Gasteiger partial charge is 0.490 e. The number of amides is 1. The lowest BCUT2D eigenvalue weighted by atomic mass is 10.1. The summed E-state index contributed by atoms with van der Waals surface area (Å²) >= 11 is 0. The number of rotatable bonds is 12. The number of ether oxygens (including phenoxy) is 2. The number of hydrogen-bond donors (Lipinski definition) is 1. The van der Waals surface area contributed by atoms with E-state index in [1.165, 1.54) is 32.6 Å². The Morgan fingerprint density at radius 3 is 2.29 bits per heavy atom. The number of hydrogen-bond acceptors (Lipinski definition) is 4. The molecule has 0 aromatic heterocycles. The molecular weight excluding hydrogens is 306 g/mol. The molecule has 0 aliphatic rings. The molecule has 1 N–H and O–H groups in total. The Balaban J connectivity index is 2.06. The van der Waals surface area contributed by atoms with Crippen molar-refractivity contribution in [3.05, 3.63) is 24.3 Å². The van der Waals surface area contributed by atoms with Gasteiger partial charge in [-0.2, -0.15) is 0 Å². The predicted octanol–water partition coefficient (Wildman–Crippen LogP) is 4.32. The first-order valence-electron chi connectivity index (χ1n) is 8.78. The lowest BCUT2D eigenvalue weighted by Gasteiger charge is -2.08. The molecule has 0 aliphatic carbocycles. The third-order valence-electron chi connectivity index (χ3n) is 3.52. The topological polar surface area (TPSA) is 64.6 Å². The van der Waals surface area contributed by atoms with E-state index in [1.807, 2.05) is 0 Å². The van der Waals surface area contributed by atoms with E-state index in [0.717, 1.165) is 18.5 Å². The van der Waals surface area contributed by atoms with Gasteiger partial charge in [0.25, 0.3) is 0 Å². The number of benzene rings is 1. The zero-order valence-electron chi connectivity index (χ0n) is 14.8. The van der Waals surface area contributed by atoms with E-state index in [2.05, 4.69) is 12.2 Å². The van der Waals surface area contributed by atoms with Gasteiger partial charge in [0.05, 0.1) is 0 Å². The van der Waals surface area contributed by atoms with Crippen molar-refractivity contribution in [2.75, 3.05) is 18.5 Å². The molecule has 1 rings (SSSR count). The molecule has 1 amide bonds. The molecule has 0 saturated heterocycles. The van der Waals surface area contributed by atoms with Gasteiger partial charge in [0.15, 0.2) is 0 Å². The highest BCUT2D eigenvalue weighted by molar-refractivity contribution is 5.88. The maximum Gasteiger partial charge on any atom is 0.305 e. The minimum atomic E-state index is -0.157. The molecule has 0 atom stereocenters. The Morgan fingerprint density at radius 2 is 1.62 bits per heavy atom. The first kappa shape index (κ1) is 20.0. The smallest absolute Gasteiger partial charge is 0.305 e. The van der Waals surface area contributed by atoms with Crippen molar-refractivity contribution >= 4 is 17.6 Å². The lowest BCUT2D eigenvalue weighted by Crippen LogP contribution is -2.12. The highest BCUT2D eigenvalue weighted by Crippen LogP contribution is 2.15. The summed E-state index contributed by atoms with van der Waals surface area (Å²) in [6.07, 6.45) is 7.42. The fourth-order valence-electron chi connectivity index (χ4n) is 2.27. The number of esters is 1.